The molecule has 0 aliphatic heterocycles. The first-order chi connectivity index (χ1) is 9.84. The molecule has 0 aromatic heterocycles. The van der Waals surface area contributed by atoms with Gasteiger partial charge in [0.2, 0.25) is 0 Å². The number of hydrogen-bond acceptors (Lipinski definition) is 1. The van der Waals surface area contributed by atoms with Gasteiger partial charge in [-0.25, -0.2) is 0 Å². The average molecular weight is 280 g/mol. The Morgan fingerprint density at radius 3 is 1.65 bits per heavy atom. The minimum Gasteiger partial charge on any atom is -0.295 e. The van der Waals surface area contributed by atoms with Gasteiger partial charge in [0, 0.05) is 6.42 Å². The van der Waals surface area contributed by atoms with Crippen LogP contribution in [0.25, 0.3) is 0 Å². The summed E-state index contributed by atoms with van der Waals surface area (Å²) in [6.45, 7) is 0. The molecule has 2 aromatic rings. The van der Waals surface area contributed by atoms with Crippen LogP contribution in [0.4, 0.5) is 0 Å². The number of carbonyl (C=O) groups excluding carboxylic acids is 1. The zero-order chi connectivity index (χ0) is 14.0. The molecular weight excluding hydrogens is 263 g/mol. The van der Waals surface area contributed by atoms with Gasteiger partial charge in [0.15, 0.2) is 5.78 Å². The molecule has 0 saturated carbocycles. The summed E-state index contributed by atoms with van der Waals surface area (Å²) in [6, 6.07) is 21.2. The number of hydrogen-bond donors (Lipinski definition) is 0. The van der Waals surface area contributed by atoms with Crippen molar-refractivity contribution in [3.63, 3.8) is 0 Å². The van der Waals surface area contributed by atoms with Crippen molar-refractivity contribution in [2.75, 3.05) is 0 Å². The van der Waals surface area contributed by atoms with Crippen LogP contribution in [0.2, 0.25) is 0 Å². The Bertz CT molecular complexity index is 548. The SMILES string of the molecule is O=C1C=CC=CC1.c1ccc(Pc2ccccc2)cc1. The van der Waals surface area contributed by atoms with Gasteiger partial charge in [-0.3, -0.25) is 4.79 Å². The predicted molar refractivity (Wildman–Crippen MR) is 88.4 cm³/mol. The maximum atomic E-state index is 10.3. The van der Waals surface area contributed by atoms with Gasteiger partial charge in [-0.15, -0.1) is 0 Å². The van der Waals surface area contributed by atoms with E-state index in [1.165, 1.54) is 10.6 Å². The van der Waals surface area contributed by atoms with Crippen LogP contribution in [0.3, 0.4) is 0 Å². The predicted octanol–water partition coefficient (Wildman–Crippen LogP) is 3.39. The zero-order valence-electron chi connectivity index (χ0n) is 11.2. The van der Waals surface area contributed by atoms with Gasteiger partial charge in [0.25, 0.3) is 0 Å². The Labute approximate surface area is 121 Å². The lowest BCUT2D eigenvalue weighted by atomic mass is 10.2. The van der Waals surface area contributed by atoms with Crippen molar-refractivity contribution in [3.05, 3.63) is 85.0 Å². The summed E-state index contributed by atoms with van der Waals surface area (Å²) in [6.07, 6.45) is 7.64. The van der Waals surface area contributed by atoms with Gasteiger partial charge in [-0.2, -0.15) is 0 Å². The molecule has 0 radical (unpaired) electrons. The molecular formula is C18H17OP. The Hall–Kier alpha value is -1.98. The molecule has 0 amide bonds. The molecule has 1 aliphatic carbocycles. The number of allylic oxidation sites excluding steroid dienone is 4. The maximum absolute atomic E-state index is 10.3. The van der Waals surface area contributed by atoms with Crippen molar-refractivity contribution in [2.45, 2.75) is 6.42 Å². The molecule has 3 rings (SSSR count). The molecule has 0 fully saturated rings. The fourth-order valence-electron chi connectivity index (χ4n) is 1.70. The molecule has 0 N–H and O–H groups in total. The normalized spacial score (nSPS) is 12.7. The van der Waals surface area contributed by atoms with E-state index in [4.69, 9.17) is 0 Å². The Kier molecular flexibility index (Phi) is 5.95. The Morgan fingerprint density at radius 1 is 0.750 bits per heavy atom. The number of carbonyl (C=O) groups is 1. The molecule has 0 unspecified atom stereocenters. The summed E-state index contributed by atoms with van der Waals surface area (Å²) in [7, 11) is 0.777. The second-order valence-electron chi connectivity index (χ2n) is 4.31. The molecule has 1 aliphatic rings. The summed E-state index contributed by atoms with van der Waals surface area (Å²) in [5.74, 6) is 0.197. The van der Waals surface area contributed by atoms with E-state index < -0.39 is 0 Å². The monoisotopic (exact) mass is 280 g/mol. The average Bonchev–Trinajstić information content (AvgIpc) is 2.51. The lowest BCUT2D eigenvalue weighted by Crippen LogP contribution is -2.01. The maximum Gasteiger partial charge on any atom is 0.159 e. The largest absolute Gasteiger partial charge is 0.295 e. The van der Waals surface area contributed by atoms with E-state index in [9.17, 15) is 4.79 Å². The molecule has 0 bridgehead atoms. The summed E-state index contributed by atoms with van der Waals surface area (Å²) in [5, 5.41) is 2.79. The zero-order valence-corrected chi connectivity index (χ0v) is 12.2. The van der Waals surface area contributed by atoms with E-state index in [0.717, 1.165) is 8.58 Å². The van der Waals surface area contributed by atoms with Crippen molar-refractivity contribution in [2.24, 2.45) is 0 Å². The molecule has 20 heavy (non-hydrogen) atoms. The number of rotatable bonds is 2. The quantitative estimate of drug-likeness (QED) is 0.771. The second kappa shape index (κ2) is 8.24. The summed E-state index contributed by atoms with van der Waals surface area (Å²) in [5.41, 5.74) is 0. The van der Waals surface area contributed by atoms with Gasteiger partial charge in [-0.1, -0.05) is 87.5 Å². The molecule has 1 nitrogen and oxygen atoms in total. The van der Waals surface area contributed by atoms with Crippen molar-refractivity contribution < 1.29 is 4.79 Å². The van der Waals surface area contributed by atoms with Crippen molar-refractivity contribution in [3.8, 4) is 0 Å². The van der Waals surface area contributed by atoms with Crippen LogP contribution in [-0.4, -0.2) is 5.78 Å². The molecule has 0 atom stereocenters. The van der Waals surface area contributed by atoms with Crippen LogP contribution in [0.15, 0.2) is 85.0 Å². The molecule has 0 saturated heterocycles. The van der Waals surface area contributed by atoms with E-state index >= 15 is 0 Å². The Morgan fingerprint density at radius 2 is 1.30 bits per heavy atom. The van der Waals surface area contributed by atoms with E-state index in [0.29, 0.717) is 6.42 Å². The van der Waals surface area contributed by atoms with Crippen LogP contribution >= 0.6 is 8.58 Å². The topological polar surface area (TPSA) is 17.1 Å². The van der Waals surface area contributed by atoms with Crippen molar-refractivity contribution in [1.82, 2.24) is 0 Å². The fraction of sp³-hybridized carbons (Fsp3) is 0.0556. The highest BCUT2D eigenvalue weighted by Gasteiger charge is 1.93. The molecule has 2 aromatic carbocycles. The first kappa shape index (κ1) is 14.4. The van der Waals surface area contributed by atoms with Crippen LogP contribution in [-0.2, 0) is 4.79 Å². The van der Waals surface area contributed by atoms with Gasteiger partial charge in [0.05, 0.1) is 0 Å². The van der Waals surface area contributed by atoms with Crippen LogP contribution in [0, 0.1) is 0 Å². The molecule has 0 heterocycles. The van der Waals surface area contributed by atoms with Gasteiger partial charge in [-0.05, 0) is 16.7 Å². The van der Waals surface area contributed by atoms with E-state index in [1.807, 2.05) is 12.2 Å². The van der Waals surface area contributed by atoms with Crippen LogP contribution in [0.5, 0.6) is 0 Å². The highest BCUT2D eigenvalue weighted by Crippen LogP contribution is 2.08. The van der Waals surface area contributed by atoms with E-state index in [1.54, 1.807) is 12.2 Å². The fourth-order valence-corrected chi connectivity index (χ4v) is 2.75. The lowest BCUT2D eigenvalue weighted by Gasteiger charge is -2.00. The third-order valence-corrected chi connectivity index (χ3v) is 3.93. The second-order valence-corrected chi connectivity index (χ2v) is 5.72. The van der Waals surface area contributed by atoms with Crippen molar-refractivity contribution in [1.29, 1.82) is 0 Å². The highest BCUT2D eigenvalue weighted by molar-refractivity contribution is 7.55. The molecule has 2 heteroatoms. The summed E-state index contributed by atoms with van der Waals surface area (Å²) < 4.78 is 0. The minimum atomic E-state index is 0.197. The first-order valence-electron chi connectivity index (χ1n) is 6.58. The van der Waals surface area contributed by atoms with Gasteiger partial charge < -0.3 is 0 Å². The molecule has 100 valence electrons. The smallest absolute Gasteiger partial charge is 0.159 e. The van der Waals surface area contributed by atoms with Gasteiger partial charge >= 0.3 is 0 Å². The number of ketones is 1. The van der Waals surface area contributed by atoms with Gasteiger partial charge in [0.1, 0.15) is 0 Å². The Balaban J connectivity index is 0.000000178. The summed E-state index contributed by atoms with van der Waals surface area (Å²) in [4.78, 5) is 10.3. The first-order valence-corrected chi connectivity index (χ1v) is 7.58. The van der Waals surface area contributed by atoms with Crippen LogP contribution in [0.1, 0.15) is 6.42 Å². The summed E-state index contributed by atoms with van der Waals surface area (Å²) >= 11 is 0. The lowest BCUT2D eigenvalue weighted by molar-refractivity contribution is -0.113. The van der Waals surface area contributed by atoms with E-state index in [-0.39, 0.29) is 5.78 Å². The number of benzene rings is 2. The standard InChI is InChI=1S/C12H11P.C6H6O/c1-3-7-11(8-4-1)13-12-9-5-2-6-10-12;7-6-4-2-1-3-5-6/h1-10,13H;1-4H,5H2. The third-order valence-electron chi connectivity index (χ3n) is 2.68. The van der Waals surface area contributed by atoms with Crippen molar-refractivity contribution >= 4 is 25.0 Å². The minimum absolute atomic E-state index is 0.197. The van der Waals surface area contributed by atoms with E-state index in [2.05, 4.69) is 60.7 Å². The molecule has 0 spiro atoms. The highest BCUT2D eigenvalue weighted by atomic mass is 31.1. The third kappa shape index (κ3) is 5.34. The van der Waals surface area contributed by atoms with Crippen LogP contribution < -0.4 is 10.6 Å².